The van der Waals surface area contributed by atoms with Gasteiger partial charge in [-0.2, -0.15) is 5.10 Å². The molecule has 0 bridgehead atoms. The van der Waals surface area contributed by atoms with Gasteiger partial charge >= 0.3 is 0 Å². The Morgan fingerprint density at radius 3 is 2.50 bits per heavy atom. The van der Waals surface area contributed by atoms with Gasteiger partial charge in [0.05, 0.1) is 17.9 Å². The minimum Gasteiger partial charge on any atom is -0.372 e. The lowest BCUT2D eigenvalue weighted by molar-refractivity contribution is -0.00524. The van der Waals surface area contributed by atoms with E-state index in [0.29, 0.717) is 0 Å². The lowest BCUT2D eigenvalue weighted by Gasteiger charge is -2.37. The molecule has 1 N–H and O–H groups in total. The molecule has 1 saturated heterocycles. The Balaban J connectivity index is 1.89. The molecule has 0 amide bonds. The average Bonchev–Trinajstić information content (AvgIpc) is 2.46. The van der Waals surface area contributed by atoms with E-state index >= 15 is 0 Å². The molecule has 2 atom stereocenters. The molecule has 1 aromatic carbocycles. The van der Waals surface area contributed by atoms with Gasteiger partial charge in [0.2, 0.25) is 0 Å². The van der Waals surface area contributed by atoms with Gasteiger partial charge in [0.25, 0.3) is 5.56 Å². The Morgan fingerprint density at radius 1 is 1.18 bits per heavy atom. The SMILES string of the molecule is Cc1cc(-c2ccc(=O)[nH]n2)ccc1N1C[C@@H](C)O[C@@H](C)C1. The Hall–Kier alpha value is -2.14. The number of rotatable bonds is 2. The summed E-state index contributed by atoms with van der Waals surface area (Å²) in [5.41, 5.74) is 4.03. The van der Waals surface area contributed by atoms with Crippen LogP contribution in [0, 0.1) is 6.92 Å². The van der Waals surface area contributed by atoms with Gasteiger partial charge in [0.1, 0.15) is 0 Å². The number of aryl methyl sites for hydroxylation is 1. The number of benzene rings is 1. The number of morpholine rings is 1. The quantitative estimate of drug-likeness (QED) is 0.925. The molecule has 2 heterocycles. The summed E-state index contributed by atoms with van der Waals surface area (Å²) in [6.45, 7) is 8.13. The Labute approximate surface area is 129 Å². The zero-order valence-corrected chi connectivity index (χ0v) is 13.2. The fraction of sp³-hybridized carbons (Fsp3) is 0.412. The molecule has 1 fully saturated rings. The smallest absolute Gasteiger partial charge is 0.264 e. The zero-order chi connectivity index (χ0) is 15.7. The molecule has 0 aliphatic carbocycles. The van der Waals surface area contributed by atoms with Gasteiger partial charge < -0.3 is 9.64 Å². The Morgan fingerprint density at radius 2 is 1.91 bits per heavy atom. The topological polar surface area (TPSA) is 58.2 Å². The van der Waals surface area contributed by atoms with Crippen molar-refractivity contribution in [2.75, 3.05) is 18.0 Å². The van der Waals surface area contributed by atoms with Crippen molar-refractivity contribution in [2.45, 2.75) is 33.0 Å². The number of hydrogen-bond donors (Lipinski definition) is 1. The number of H-pyrrole nitrogens is 1. The first kappa shape index (κ1) is 14.8. The maximum absolute atomic E-state index is 11.1. The highest BCUT2D eigenvalue weighted by atomic mass is 16.5. The first-order chi connectivity index (χ1) is 10.5. The van der Waals surface area contributed by atoms with Crippen LogP contribution in [0.1, 0.15) is 19.4 Å². The molecule has 3 rings (SSSR count). The van der Waals surface area contributed by atoms with Crippen LogP contribution in [-0.2, 0) is 4.74 Å². The first-order valence-electron chi connectivity index (χ1n) is 7.60. The minimum atomic E-state index is -0.187. The molecule has 0 saturated carbocycles. The van der Waals surface area contributed by atoms with Crippen molar-refractivity contribution in [1.82, 2.24) is 10.2 Å². The van der Waals surface area contributed by atoms with Crippen molar-refractivity contribution in [3.63, 3.8) is 0 Å². The predicted molar refractivity (Wildman–Crippen MR) is 87.3 cm³/mol. The van der Waals surface area contributed by atoms with Gasteiger partial charge in [0, 0.05) is 30.4 Å². The van der Waals surface area contributed by atoms with Crippen molar-refractivity contribution < 1.29 is 4.74 Å². The van der Waals surface area contributed by atoms with E-state index in [-0.39, 0.29) is 17.8 Å². The second kappa shape index (κ2) is 5.93. The number of hydrogen-bond acceptors (Lipinski definition) is 4. The number of aromatic nitrogens is 2. The fourth-order valence-electron chi connectivity index (χ4n) is 3.05. The maximum atomic E-state index is 11.1. The van der Waals surface area contributed by atoms with Gasteiger partial charge in [0.15, 0.2) is 0 Å². The molecule has 22 heavy (non-hydrogen) atoms. The molecule has 1 aromatic heterocycles. The lowest BCUT2D eigenvalue weighted by atomic mass is 10.0. The van der Waals surface area contributed by atoms with Crippen LogP contribution in [0.15, 0.2) is 35.1 Å². The van der Waals surface area contributed by atoms with Crippen molar-refractivity contribution in [2.24, 2.45) is 0 Å². The van der Waals surface area contributed by atoms with E-state index in [1.807, 2.05) is 6.07 Å². The summed E-state index contributed by atoms with van der Waals surface area (Å²) in [6.07, 6.45) is 0.479. The summed E-state index contributed by atoms with van der Waals surface area (Å²) >= 11 is 0. The van der Waals surface area contributed by atoms with Gasteiger partial charge in [-0.3, -0.25) is 4.79 Å². The predicted octanol–water partition coefficient (Wildman–Crippen LogP) is 2.36. The number of anilines is 1. The molecule has 5 heteroatoms. The highest BCUT2D eigenvalue weighted by Crippen LogP contribution is 2.28. The fourth-order valence-corrected chi connectivity index (χ4v) is 3.05. The third-order valence-electron chi connectivity index (χ3n) is 3.93. The summed E-state index contributed by atoms with van der Waals surface area (Å²) in [5.74, 6) is 0. The van der Waals surface area contributed by atoms with Gasteiger partial charge in [-0.05, 0) is 44.5 Å². The first-order valence-corrected chi connectivity index (χ1v) is 7.60. The highest BCUT2D eigenvalue weighted by molar-refractivity contribution is 5.66. The third kappa shape index (κ3) is 3.04. The standard InChI is InChI=1S/C17H21N3O2/c1-11-8-14(15-5-7-17(21)19-18-15)4-6-16(11)20-9-12(2)22-13(3)10-20/h4-8,12-13H,9-10H2,1-3H3,(H,19,21)/t12-,13+. The summed E-state index contributed by atoms with van der Waals surface area (Å²) in [4.78, 5) is 13.5. The second-order valence-electron chi connectivity index (χ2n) is 5.97. The van der Waals surface area contributed by atoms with Crippen molar-refractivity contribution in [3.05, 3.63) is 46.2 Å². The van der Waals surface area contributed by atoms with Gasteiger partial charge in [-0.15, -0.1) is 0 Å². The van der Waals surface area contributed by atoms with Crippen LogP contribution in [0.25, 0.3) is 11.3 Å². The van der Waals surface area contributed by atoms with Gasteiger partial charge in [-0.1, -0.05) is 6.07 Å². The normalized spacial score (nSPS) is 21.9. The van der Waals surface area contributed by atoms with E-state index in [2.05, 4.69) is 48.0 Å². The monoisotopic (exact) mass is 299 g/mol. The molecular weight excluding hydrogens is 278 g/mol. The van der Waals surface area contributed by atoms with E-state index in [4.69, 9.17) is 4.74 Å². The van der Waals surface area contributed by atoms with Crippen molar-refractivity contribution >= 4 is 5.69 Å². The van der Waals surface area contributed by atoms with Crippen LogP contribution >= 0.6 is 0 Å². The van der Waals surface area contributed by atoms with Gasteiger partial charge in [-0.25, -0.2) is 5.10 Å². The van der Waals surface area contributed by atoms with E-state index in [1.165, 1.54) is 17.3 Å². The van der Waals surface area contributed by atoms with Crippen LogP contribution in [-0.4, -0.2) is 35.5 Å². The van der Waals surface area contributed by atoms with Crippen LogP contribution in [0.5, 0.6) is 0 Å². The number of nitrogens with zero attached hydrogens (tertiary/aromatic N) is 2. The maximum Gasteiger partial charge on any atom is 0.264 e. The van der Waals surface area contributed by atoms with Crippen LogP contribution in [0.4, 0.5) is 5.69 Å². The molecule has 1 aliphatic rings. The number of nitrogens with one attached hydrogen (secondary N) is 1. The molecule has 116 valence electrons. The molecule has 0 radical (unpaired) electrons. The van der Waals surface area contributed by atoms with E-state index < -0.39 is 0 Å². The van der Waals surface area contributed by atoms with E-state index in [9.17, 15) is 4.79 Å². The Kier molecular flexibility index (Phi) is 3.98. The minimum absolute atomic E-state index is 0.187. The molecule has 2 aromatic rings. The lowest BCUT2D eigenvalue weighted by Crippen LogP contribution is -2.45. The summed E-state index contributed by atoms with van der Waals surface area (Å²) < 4.78 is 5.80. The summed E-state index contributed by atoms with van der Waals surface area (Å²) in [7, 11) is 0. The molecule has 1 aliphatic heterocycles. The number of ether oxygens (including phenoxy) is 1. The van der Waals surface area contributed by atoms with Crippen LogP contribution < -0.4 is 10.5 Å². The summed E-state index contributed by atoms with van der Waals surface area (Å²) in [6, 6.07) is 9.53. The van der Waals surface area contributed by atoms with Crippen molar-refractivity contribution in [1.29, 1.82) is 0 Å². The number of aromatic amines is 1. The Bertz CT molecular complexity index is 696. The average molecular weight is 299 g/mol. The molecule has 0 unspecified atom stereocenters. The molecular formula is C17H21N3O2. The van der Waals surface area contributed by atoms with Crippen LogP contribution in [0.2, 0.25) is 0 Å². The second-order valence-corrected chi connectivity index (χ2v) is 5.97. The zero-order valence-electron chi connectivity index (χ0n) is 13.2. The summed E-state index contributed by atoms with van der Waals surface area (Å²) in [5, 5.41) is 6.56. The largest absolute Gasteiger partial charge is 0.372 e. The molecule has 5 nitrogen and oxygen atoms in total. The highest BCUT2D eigenvalue weighted by Gasteiger charge is 2.23. The van der Waals surface area contributed by atoms with Crippen LogP contribution in [0.3, 0.4) is 0 Å². The molecule has 0 spiro atoms. The third-order valence-corrected chi connectivity index (χ3v) is 3.93. The van der Waals surface area contributed by atoms with E-state index in [1.54, 1.807) is 6.07 Å². The van der Waals surface area contributed by atoms with E-state index in [0.717, 1.165) is 24.3 Å². The van der Waals surface area contributed by atoms with Crippen molar-refractivity contribution in [3.8, 4) is 11.3 Å².